The Hall–Kier alpha value is -1.71. The Morgan fingerprint density at radius 1 is 1.29 bits per heavy atom. The first-order chi connectivity index (χ1) is 11.2. The van der Waals surface area contributed by atoms with E-state index < -0.39 is 0 Å². The van der Waals surface area contributed by atoms with Crippen LogP contribution in [0.5, 0.6) is 11.5 Å². The fourth-order valence-electron chi connectivity index (χ4n) is 2.05. The molecule has 2 N–H and O–H groups in total. The van der Waals surface area contributed by atoms with Gasteiger partial charge in [-0.25, -0.2) is 0 Å². The SMILES string of the molecule is CCNC(=NCCC(=O)OC)Nc1ccc2c(c1)OCCCO2.I. The Bertz CT molecular complexity index is 566. The van der Waals surface area contributed by atoms with E-state index in [9.17, 15) is 4.79 Å². The fraction of sp³-hybridized carbons (Fsp3) is 0.500. The van der Waals surface area contributed by atoms with Crippen molar-refractivity contribution in [1.82, 2.24) is 5.32 Å². The molecule has 0 saturated carbocycles. The van der Waals surface area contributed by atoms with Gasteiger partial charge < -0.3 is 24.8 Å². The topological polar surface area (TPSA) is 81.2 Å². The molecule has 0 fully saturated rings. The van der Waals surface area contributed by atoms with E-state index in [0.717, 1.165) is 23.6 Å². The monoisotopic (exact) mass is 449 g/mol. The van der Waals surface area contributed by atoms with Gasteiger partial charge in [0.15, 0.2) is 17.5 Å². The molecule has 0 bridgehead atoms. The minimum Gasteiger partial charge on any atom is -0.490 e. The zero-order valence-corrected chi connectivity index (χ0v) is 16.3. The van der Waals surface area contributed by atoms with Crippen molar-refractivity contribution in [2.45, 2.75) is 19.8 Å². The minimum absolute atomic E-state index is 0. The lowest BCUT2D eigenvalue weighted by atomic mass is 10.3. The normalized spacial score (nSPS) is 13.3. The summed E-state index contributed by atoms with van der Waals surface area (Å²) in [7, 11) is 1.37. The maximum Gasteiger partial charge on any atom is 0.307 e. The molecule has 0 aromatic heterocycles. The first kappa shape index (κ1) is 20.3. The summed E-state index contributed by atoms with van der Waals surface area (Å²) in [6.07, 6.45) is 1.11. The number of guanidine groups is 1. The maximum absolute atomic E-state index is 11.1. The average molecular weight is 449 g/mol. The van der Waals surface area contributed by atoms with Gasteiger partial charge in [-0.15, -0.1) is 24.0 Å². The fourth-order valence-corrected chi connectivity index (χ4v) is 2.05. The van der Waals surface area contributed by atoms with Gasteiger partial charge in [0.1, 0.15) is 0 Å². The third-order valence-corrected chi connectivity index (χ3v) is 3.17. The molecule has 1 aliphatic rings. The number of aliphatic imine (C=N–C) groups is 1. The Balaban J connectivity index is 0.00000288. The molecule has 1 aliphatic heterocycles. The van der Waals surface area contributed by atoms with Crippen molar-refractivity contribution >= 4 is 41.6 Å². The van der Waals surface area contributed by atoms with E-state index in [-0.39, 0.29) is 36.4 Å². The third-order valence-electron chi connectivity index (χ3n) is 3.17. The number of esters is 1. The highest BCUT2D eigenvalue weighted by Gasteiger charge is 2.11. The number of nitrogens with one attached hydrogen (secondary N) is 2. The number of rotatable bonds is 5. The molecule has 0 atom stereocenters. The van der Waals surface area contributed by atoms with Crippen LogP contribution in [0.2, 0.25) is 0 Å². The van der Waals surface area contributed by atoms with E-state index >= 15 is 0 Å². The number of methoxy groups -OCH3 is 1. The molecule has 8 heteroatoms. The second-order valence-electron chi connectivity index (χ2n) is 4.92. The molecule has 0 radical (unpaired) electrons. The van der Waals surface area contributed by atoms with Crippen LogP contribution in [0.4, 0.5) is 5.69 Å². The molecule has 0 saturated heterocycles. The molecular formula is C16H24IN3O4. The van der Waals surface area contributed by atoms with Crippen molar-refractivity contribution in [1.29, 1.82) is 0 Å². The maximum atomic E-state index is 11.1. The molecule has 0 spiro atoms. The highest BCUT2D eigenvalue weighted by Crippen LogP contribution is 2.32. The molecule has 1 heterocycles. The average Bonchev–Trinajstić information content (AvgIpc) is 2.79. The van der Waals surface area contributed by atoms with Crippen molar-refractivity contribution in [2.24, 2.45) is 4.99 Å². The van der Waals surface area contributed by atoms with Crippen molar-refractivity contribution in [2.75, 3.05) is 38.7 Å². The van der Waals surface area contributed by atoms with E-state index in [4.69, 9.17) is 9.47 Å². The van der Waals surface area contributed by atoms with Crippen molar-refractivity contribution < 1.29 is 19.0 Å². The van der Waals surface area contributed by atoms with Gasteiger partial charge in [-0.05, 0) is 19.1 Å². The molecule has 1 aromatic carbocycles. The van der Waals surface area contributed by atoms with Gasteiger partial charge in [0.25, 0.3) is 0 Å². The Labute approximate surface area is 159 Å². The number of ether oxygens (including phenoxy) is 3. The van der Waals surface area contributed by atoms with Gasteiger partial charge in [0, 0.05) is 24.7 Å². The summed E-state index contributed by atoms with van der Waals surface area (Å²) in [4.78, 5) is 15.5. The lowest BCUT2D eigenvalue weighted by molar-refractivity contribution is -0.140. The number of hydrogen-bond donors (Lipinski definition) is 2. The van der Waals surface area contributed by atoms with Crippen LogP contribution >= 0.6 is 24.0 Å². The number of anilines is 1. The van der Waals surface area contributed by atoms with E-state index in [2.05, 4.69) is 20.4 Å². The van der Waals surface area contributed by atoms with Crippen molar-refractivity contribution in [3.63, 3.8) is 0 Å². The van der Waals surface area contributed by atoms with Gasteiger partial charge in [0.2, 0.25) is 0 Å². The van der Waals surface area contributed by atoms with E-state index in [1.807, 2.05) is 25.1 Å². The highest BCUT2D eigenvalue weighted by atomic mass is 127. The smallest absolute Gasteiger partial charge is 0.307 e. The number of nitrogens with zero attached hydrogens (tertiary/aromatic N) is 1. The summed E-state index contributed by atoms with van der Waals surface area (Å²) in [5.74, 6) is 1.80. The summed E-state index contributed by atoms with van der Waals surface area (Å²) in [5.41, 5.74) is 0.840. The Morgan fingerprint density at radius 3 is 2.75 bits per heavy atom. The number of fused-ring (bicyclic) bond motifs is 1. The van der Waals surface area contributed by atoms with Crippen LogP contribution in [0.15, 0.2) is 23.2 Å². The zero-order valence-electron chi connectivity index (χ0n) is 14.0. The number of halogens is 1. The first-order valence-electron chi connectivity index (χ1n) is 7.74. The lowest BCUT2D eigenvalue weighted by Gasteiger charge is -2.13. The van der Waals surface area contributed by atoms with Gasteiger partial charge in [-0.3, -0.25) is 9.79 Å². The molecule has 0 aliphatic carbocycles. The quantitative estimate of drug-likeness (QED) is 0.311. The van der Waals surface area contributed by atoms with E-state index in [1.165, 1.54) is 7.11 Å². The van der Waals surface area contributed by atoms with Crippen LogP contribution in [0.25, 0.3) is 0 Å². The number of benzene rings is 1. The first-order valence-corrected chi connectivity index (χ1v) is 7.74. The number of carbonyl (C=O) groups excluding carboxylic acids is 1. The molecule has 7 nitrogen and oxygen atoms in total. The van der Waals surface area contributed by atoms with Crippen LogP contribution in [0, 0.1) is 0 Å². The van der Waals surface area contributed by atoms with Gasteiger partial charge in [0.05, 0.1) is 33.3 Å². The molecule has 0 unspecified atom stereocenters. The van der Waals surface area contributed by atoms with Crippen LogP contribution in [0.1, 0.15) is 19.8 Å². The number of carbonyl (C=O) groups is 1. The van der Waals surface area contributed by atoms with Crippen LogP contribution in [-0.4, -0.2) is 45.3 Å². The van der Waals surface area contributed by atoms with Gasteiger partial charge in [-0.2, -0.15) is 0 Å². The summed E-state index contributed by atoms with van der Waals surface area (Å²) >= 11 is 0. The van der Waals surface area contributed by atoms with Crippen LogP contribution in [0.3, 0.4) is 0 Å². The zero-order chi connectivity index (χ0) is 16.5. The van der Waals surface area contributed by atoms with E-state index in [1.54, 1.807) is 0 Å². The van der Waals surface area contributed by atoms with Crippen LogP contribution < -0.4 is 20.1 Å². The molecule has 134 valence electrons. The second-order valence-corrected chi connectivity index (χ2v) is 4.92. The largest absolute Gasteiger partial charge is 0.490 e. The van der Waals surface area contributed by atoms with E-state index in [0.29, 0.717) is 32.3 Å². The minimum atomic E-state index is -0.278. The van der Waals surface area contributed by atoms with Crippen molar-refractivity contribution in [3.05, 3.63) is 18.2 Å². The molecular weight excluding hydrogens is 425 g/mol. The van der Waals surface area contributed by atoms with Crippen molar-refractivity contribution in [3.8, 4) is 11.5 Å². The summed E-state index contributed by atoms with van der Waals surface area (Å²) < 4.78 is 15.9. The predicted octanol–water partition coefficient (Wildman–Crippen LogP) is 2.41. The Morgan fingerprint density at radius 2 is 2.04 bits per heavy atom. The summed E-state index contributed by atoms with van der Waals surface area (Å²) in [5, 5.41) is 6.32. The van der Waals surface area contributed by atoms with Gasteiger partial charge >= 0.3 is 5.97 Å². The molecule has 1 aromatic rings. The molecule has 24 heavy (non-hydrogen) atoms. The third kappa shape index (κ3) is 6.42. The molecule has 0 amide bonds. The lowest BCUT2D eigenvalue weighted by Crippen LogP contribution is -2.31. The predicted molar refractivity (Wildman–Crippen MR) is 104 cm³/mol. The van der Waals surface area contributed by atoms with Crippen LogP contribution in [-0.2, 0) is 9.53 Å². The Kier molecular flexibility index (Phi) is 9.28. The van der Waals surface area contributed by atoms with Gasteiger partial charge in [-0.1, -0.05) is 0 Å². The highest BCUT2D eigenvalue weighted by molar-refractivity contribution is 14.0. The number of hydrogen-bond acceptors (Lipinski definition) is 5. The molecule has 2 rings (SSSR count). The summed E-state index contributed by atoms with van der Waals surface area (Å²) in [6, 6.07) is 5.66. The second kappa shape index (κ2) is 11.0. The summed E-state index contributed by atoms with van der Waals surface area (Å²) in [6.45, 7) is 4.35. The standard InChI is InChI=1S/C16H23N3O4.HI/c1-3-17-16(18-8-7-15(20)21-2)19-12-5-6-13-14(11-12)23-10-4-9-22-13;/h5-6,11H,3-4,7-10H2,1-2H3,(H2,17,18,19);1H.